The minimum Gasteiger partial charge on any atom is -0.496 e. The summed E-state index contributed by atoms with van der Waals surface area (Å²) >= 11 is 0. The topological polar surface area (TPSA) is 35.5 Å². The highest BCUT2D eigenvalue weighted by molar-refractivity contribution is 6.06. The van der Waals surface area contributed by atoms with Crippen molar-refractivity contribution >= 4 is 11.9 Å². The molecular formula is C24H17F5O3. The van der Waals surface area contributed by atoms with E-state index in [2.05, 4.69) is 0 Å². The highest BCUT2D eigenvalue weighted by Gasteiger charge is 2.27. The summed E-state index contributed by atoms with van der Waals surface area (Å²) in [6, 6.07) is 11.7. The predicted molar refractivity (Wildman–Crippen MR) is 108 cm³/mol. The maximum absolute atomic E-state index is 13.8. The third-order valence-electron chi connectivity index (χ3n) is 4.61. The Morgan fingerprint density at radius 3 is 2.06 bits per heavy atom. The molecule has 3 nitrogen and oxygen atoms in total. The van der Waals surface area contributed by atoms with Gasteiger partial charge in [0.05, 0.1) is 7.11 Å². The van der Waals surface area contributed by atoms with Crippen LogP contribution in [0.2, 0.25) is 0 Å². The quantitative estimate of drug-likeness (QED) is 0.143. The molecule has 0 heterocycles. The number of methoxy groups -OCH3 is 1. The number of rotatable bonds is 7. The molecule has 0 unspecified atom stereocenters. The SMILES string of the molecule is COc1ccc(/C=C/C(=O)c2ccc(C)cc2)cc1COc1c(F)c(F)c(F)c(F)c1F. The fourth-order valence-corrected chi connectivity index (χ4v) is 2.86. The first kappa shape index (κ1) is 23.0. The van der Waals surface area contributed by atoms with E-state index in [0.29, 0.717) is 11.1 Å². The van der Waals surface area contributed by atoms with E-state index in [1.165, 1.54) is 31.4 Å². The van der Waals surface area contributed by atoms with Gasteiger partial charge in [0.25, 0.3) is 0 Å². The maximum Gasteiger partial charge on any atom is 0.207 e. The van der Waals surface area contributed by atoms with Crippen molar-refractivity contribution in [2.75, 3.05) is 7.11 Å². The summed E-state index contributed by atoms with van der Waals surface area (Å²) in [5.41, 5.74) is 2.30. The normalized spacial score (nSPS) is 11.1. The van der Waals surface area contributed by atoms with E-state index in [1.54, 1.807) is 18.2 Å². The molecule has 32 heavy (non-hydrogen) atoms. The van der Waals surface area contributed by atoms with Crippen LogP contribution in [0.5, 0.6) is 11.5 Å². The third kappa shape index (κ3) is 4.80. The van der Waals surface area contributed by atoms with E-state index in [1.807, 2.05) is 19.1 Å². The van der Waals surface area contributed by atoms with Gasteiger partial charge in [-0.15, -0.1) is 0 Å². The average Bonchev–Trinajstić information content (AvgIpc) is 2.80. The molecule has 0 bridgehead atoms. The summed E-state index contributed by atoms with van der Waals surface area (Å²) in [7, 11) is 1.34. The zero-order valence-electron chi connectivity index (χ0n) is 17.0. The second-order valence-electron chi connectivity index (χ2n) is 6.82. The van der Waals surface area contributed by atoms with Gasteiger partial charge in [-0.05, 0) is 30.7 Å². The number of ether oxygens (including phenoxy) is 2. The molecule has 0 aliphatic rings. The van der Waals surface area contributed by atoms with Crippen LogP contribution in [0.1, 0.15) is 27.0 Å². The number of benzene rings is 3. The van der Waals surface area contributed by atoms with Crippen LogP contribution >= 0.6 is 0 Å². The van der Waals surface area contributed by atoms with E-state index in [-0.39, 0.29) is 17.1 Å². The van der Waals surface area contributed by atoms with E-state index in [9.17, 15) is 26.7 Å². The lowest BCUT2D eigenvalue weighted by Gasteiger charge is -2.13. The summed E-state index contributed by atoms with van der Waals surface area (Å²) in [5.74, 6) is -12.0. The van der Waals surface area contributed by atoms with E-state index < -0.39 is 41.4 Å². The smallest absolute Gasteiger partial charge is 0.207 e. The molecule has 0 aromatic heterocycles. The van der Waals surface area contributed by atoms with Crippen LogP contribution in [0, 0.1) is 36.0 Å². The van der Waals surface area contributed by atoms with Crippen molar-refractivity contribution < 1.29 is 36.2 Å². The number of carbonyl (C=O) groups is 1. The Morgan fingerprint density at radius 2 is 1.47 bits per heavy atom. The molecule has 0 spiro atoms. The first-order chi connectivity index (χ1) is 15.2. The van der Waals surface area contributed by atoms with Crippen molar-refractivity contribution in [2.24, 2.45) is 0 Å². The van der Waals surface area contributed by atoms with Crippen LogP contribution in [0.25, 0.3) is 6.08 Å². The molecule has 3 aromatic carbocycles. The molecule has 0 radical (unpaired) electrons. The number of aryl methyl sites for hydroxylation is 1. The van der Waals surface area contributed by atoms with E-state index in [0.717, 1.165) is 5.56 Å². The van der Waals surface area contributed by atoms with Gasteiger partial charge in [0.2, 0.25) is 29.1 Å². The minimum absolute atomic E-state index is 0.236. The monoisotopic (exact) mass is 448 g/mol. The Bertz CT molecular complexity index is 1160. The zero-order valence-corrected chi connectivity index (χ0v) is 17.0. The first-order valence-corrected chi connectivity index (χ1v) is 9.33. The van der Waals surface area contributed by atoms with Crippen LogP contribution < -0.4 is 9.47 Å². The second kappa shape index (κ2) is 9.64. The van der Waals surface area contributed by atoms with Gasteiger partial charge >= 0.3 is 0 Å². The standard InChI is InChI=1S/C24H17F5O3/c1-13-3-7-15(8-4-13)17(30)9-5-14-6-10-18(31-2)16(11-14)12-32-24-22(28)20(26)19(25)21(27)23(24)29/h3-11H,12H2,1-2H3/b9-5+. The molecule has 0 aliphatic carbocycles. The van der Waals surface area contributed by atoms with Crippen molar-refractivity contribution in [2.45, 2.75) is 13.5 Å². The highest BCUT2D eigenvalue weighted by atomic mass is 19.2. The van der Waals surface area contributed by atoms with Crippen LogP contribution in [0.4, 0.5) is 22.0 Å². The van der Waals surface area contributed by atoms with Gasteiger partial charge in [0.1, 0.15) is 12.4 Å². The molecule has 0 saturated heterocycles. The van der Waals surface area contributed by atoms with Gasteiger partial charge in [-0.1, -0.05) is 42.0 Å². The molecule has 8 heteroatoms. The minimum atomic E-state index is -2.27. The fourth-order valence-electron chi connectivity index (χ4n) is 2.86. The van der Waals surface area contributed by atoms with E-state index >= 15 is 0 Å². The Kier molecular flexibility index (Phi) is 6.92. The van der Waals surface area contributed by atoms with Crippen LogP contribution in [0.15, 0.2) is 48.5 Å². The lowest BCUT2D eigenvalue weighted by Crippen LogP contribution is -2.07. The lowest BCUT2D eigenvalue weighted by molar-refractivity contribution is 0.104. The number of ketones is 1. The summed E-state index contributed by atoms with van der Waals surface area (Å²) in [4.78, 5) is 12.3. The third-order valence-corrected chi connectivity index (χ3v) is 4.61. The molecule has 0 amide bonds. The Balaban J connectivity index is 1.83. The molecular weight excluding hydrogens is 431 g/mol. The predicted octanol–water partition coefficient (Wildman–Crippen LogP) is 6.17. The molecule has 0 aliphatic heterocycles. The van der Waals surface area contributed by atoms with Crippen molar-refractivity contribution in [1.82, 2.24) is 0 Å². The van der Waals surface area contributed by atoms with Crippen molar-refractivity contribution in [1.29, 1.82) is 0 Å². The molecule has 0 fully saturated rings. The van der Waals surface area contributed by atoms with Crippen molar-refractivity contribution in [3.05, 3.63) is 99.9 Å². The average molecular weight is 448 g/mol. The lowest BCUT2D eigenvalue weighted by atomic mass is 10.1. The van der Waals surface area contributed by atoms with Gasteiger partial charge < -0.3 is 9.47 Å². The molecule has 0 N–H and O–H groups in total. The van der Waals surface area contributed by atoms with Crippen LogP contribution in [-0.2, 0) is 6.61 Å². The second-order valence-corrected chi connectivity index (χ2v) is 6.82. The van der Waals surface area contributed by atoms with Crippen molar-refractivity contribution in [3.63, 3.8) is 0 Å². The number of hydrogen-bond donors (Lipinski definition) is 0. The summed E-state index contributed by atoms with van der Waals surface area (Å²) in [6.07, 6.45) is 2.87. The molecule has 0 atom stereocenters. The molecule has 166 valence electrons. The molecule has 3 rings (SSSR count). The number of halogens is 5. The van der Waals surface area contributed by atoms with Gasteiger partial charge in [-0.2, -0.15) is 8.78 Å². The Morgan fingerprint density at radius 1 is 0.875 bits per heavy atom. The fraction of sp³-hybridized carbons (Fsp3) is 0.125. The van der Waals surface area contributed by atoms with Gasteiger partial charge in [0.15, 0.2) is 11.5 Å². The van der Waals surface area contributed by atoms with Gasteiger partial charge in [0, 0.05) is 11.1 Å². The summed E-state index contributed by atoms with van der Waals surface area (Å²) < 4.78 is 77.7. The Labute approximate surface area is 180 Å². The number of allylic oxidation sites excluding steroid dienone is 1. The summed E-state index contributed by atoms with van der Waals surface area (Å²) in [5, 5.41) is 0. The zero-order chi connectivity index (χ0) is 23.4. The van der Waals surface area contributed by atoms with E-state index in [4.69, 9.17) is 9.47 Å². The maximum atomic E-state index is 13.8. The largest absolute Gasteiger partial charge is 0.496 e. The number of hydrogen-bond acceptors (Lipinski definition) is 3. The number of carbonyl (C=O) groups excluding carboxylic acids is 1. The van der Waals surface area contributed by atoms with Crippen LogP contribution in [-0.4, -0.2) is 12.9 Å². The van der Waals surface area contributed by atoms with Gasteiger partial charge in [-0.3, -0.25) is 4.79 Å². The van der Waals surface area contributed by atoms with Crippen LogP contribution in [0.3, 0.4) is 0 Å². The molecule has 3 aromatic rings. The highest BCUT2D eigenvalue weighted by Crippen LogP contribution is 2.31. The summed E-state index contributed by atoms with van der Waals surface area (Å²) in [6.45, 7) is 1.35. The van der Waals surface area contributed by atoms with Gasteiger partial charge in [-0.25, -0.2) is 13.2 Å². The first-order valence-electron chi connectivity index (χ1n) is 9.33. The van der Waals surface area contributed by atoms with Crippen molar-refractivity contribution in [3.8, 4) is 11.5 Å². The molecule has 0 saturated carbocycles. The Hall–Kier alpha value is -3.68.